The van der Waals surface area contributed by atoms with Crippen LogP contribution in [-0.4, -0.2) is 38.0 Å². The Morgan fingerprint density at radius 3 is 2.74 bits per heavy atom. The molecule has 0 bridgehead atoms. The lowest BCUT2D eigenvalue weighted by Crippen LogP contribution is -2.39. The van der Waals surface area contributed by atoms with Crippen molar-refractivity contribution >= 4 is 16.7 Å². The van der Waals surface area contributed by atoms with Crippen LogP contribution in [0.2, 0.25) is 0 Å². The number of amides is 1. The lowest BCUT2D eigenvalue weighted by Gasteiger charge is -2.32. The molecule has 6 rings (SSSR count). The summed E-state index contributed by atoms with van der Waals surface area (Å²) in [7, 11) is 1.60. The number of benzene rings is 3. The van der Waals surface area contributed by atoms with Crippen molar-refractivity contribution in [3.05, 3.63) is 95.9 Å². The summed E-state index contributed by atoms with van der Waals surface area (Å²) in [5, 5.41) is 6.47. The summed E-state index contributed by atoms with van der Waals surface area (Å²) < 4.78 is 10.9. The van der Waals surface area contributed by atoms with Gasteiger partial charge in [0.25, 0.3) is 5.91 Å². The van der Waals surface area contributed by atoms with Gasteiger partial charge in [-0.2, -0.15) is 4.98 Å². The molecule has 1 atom stereocenters. The number of fused-ring (bicyclic) bond motifs is 2. The summed E-state index contributed by atoms with van der Waals surface area (Å²) in [4.78, 5) is 27.5. The zero-order valence-corrected chi connectivity index (χ0v) is 18.4. The number of methoxy groups -OCH3 is 1. The maximum atomic E-state index is 13.5. The first-order chi connectivity index (χ1) is 16.7. The maximum Gasteiger partial charge on any atom is 0.254 e. The van der Waals surface area contributed by atoms with Crippen LogP contribution in [0, 0.1) is 0 Å². The number of nitrogens with zero attached hydrogens (tertiary/aromatic N) is 4. The minimum Gasteiger partial charge on any atom is -0.497 e. The highest BCUT2D eigenvalue weighted by Gasteiger charge is 2.36. The summed E-state index contributed by atoms with van der Waals surface area (Å²) in [6.45, 7) is 0.374. The lowest BCUT2D eigenvalue weighted by atomic mass is 10.0. The van der Waals surface area contributed by atoms with Crippen LogP contribution in [0.3, 0.4) is 0 Å². The number of nitrogens with one attached hydrogen (secondary N) is 1. The molecule has 1 unspecified atom stereocenters. The second-order valence-electron chi connectivity index (χ2n) is 8.23. The van der Waals surface area contributed by atoms with Gasteiger partial charge in [-0.3, -0.25) is 4.79 Å². The molecule has 8 nitrogen and oxygen atoms in total. The quantitative estimate of drug-likeness (QED) is 0.430. The van der Waals surface area contributed by atoms with E-state index in [1.807, 2.05) is 30.3 Å². The van der Waals surface area contributed by atoms with Gasteiger partial charge in [0.1, 0.15) is 11.8 Å². The number of hydrogen-bond donors (Lipinski definition) is 1. The van der Waals surface area contributed by atoms with Crippen molar-refractivity contribution in [2.75, 3.05) is 7.11 Å². The molecule has 1 N–H and O–H groups in total. The minimum absolute atomic E-state index is 0.127. The van der Waals surface area contributed by atoms with E-state index in [0.717, 1.165) is 27.7 Å². The Morgan fingerprint density at radius 1 is 1.09 bits per heavy atom. The molecule has 0 spiro atoms. The molecule has 1 amide bonds. The first kappa shape index (κ1) is 20.2. The Hall–Kier alpha value is -4.46. The fourth-order valence-corrected chi connectivity index (χ4v) is 4.39. The molecular formula is C26H21N5O3. The summed E-state index contributed by atoms with van der Waals surface area (Å²) in [6, 6.07) is 20.8. The Morgan fingerprint density at radius 2 is 1.91 bits per heavy atom. The Kier molecular flexibility index (Phi) is 4.83. The van der Waals surface area contributed by atoms with Gasteiger partial charge in [-0.25, -0.2) is 4.98 Å². The number of imidazole rings is 1. The molecule has 3 heterocycles. The van der Waals surface area contributed by atoms with Gasteiger partial charge in [0.15, 0.2) is 0 Å². The van der Waals surface area contributed by atoms with Crippen LogP contribution in [0.25, 0.3) is 22.2 Å². The van der Waals surface area contributed by atoms with E-state index in [2.05, 4.69) is 27.3 Å². The Labute approximate surface area is 195 Å². The van der Waals surface area contributed by atoms with Crippen LogP contribution in [0.4, 0.5) is 0 Å². The number of H-pyrrole nitrogens is 1. The van der Waals surface area contributed by atoms with Crippen molar-refractivity contribution in [2.45, 2.75) is 19.0 Å². The van der Waals surface area contributed by atoms with E-state index >= 15 is 0 Å². The molecule has 168 valence electrons. The topological polar surface area (TPSA) is 97.1 Å². The molecule has 3 aromatic carbocycles. The van der Waals surface area contributed by atoms with Gasteiger partial charge in [0, 0.05) is 17.5 Å². The molecule has 1 aliphatic rings. The van der Waals surface area contributed by atoms with Crippen molar-refractivity contribution in [1.29, 1.82) is 0 Å². The molecular weight excluding hydrogens is 430 g/mol. The first-order valence-electron chi connectivity index (χ1n) is 11.0. The average molecular weight is 451 g/mol. The fraction of sp³-hybridized carbons (Fsp3) is 0.154. The van der Waals surface area contributed by atoms with E-state index in [-0.39, 0.29) is 5.91 Å². The molecule has 0 saturated heterocycles. The first-order valence-corrected chi connectivity index (χ1v) is 11.0. The summed E-state index contributed by atoms with van der Waals surface area (Å²) in [6.07, 6.45) is 2.14. The van der Waals surface area contributed by atoms with Gasteiger partial charge in [-0.05, 0) is 41.1 Å². The van der Waals surface area contributed by atoms with Crippen molar-refractivity contribution < 1.29 is 14.1 Å². The SMILES string of the molecule is COc1ccc(C(=O)N2Cc3[nH]cnc3CC2c2nc(-c3ccc4ccccc4c3)no2)cc1. The monoisotopic (exact) mass is 451 g/mol. The number of aromatic nitrogens is 4. The third-order valence-corrected chi connectivity index (χ3v) is 6.23. The average Bonchev–Trinajstić information content (AvgIpc) is 3.57. The highest BCUT2D eigenvalue weighted by atomic mass is 16.5. The van der Waals surface area contributed by atoms with Gasteiger partial charge >= 0.3 is 0 Å². The van der Waals surface area contributed by atoms with E-state index in [0.29, 0.717) is 36.0 Å². The number of aromatic amines is 1. The molecule has 1 aliphatic heterocycles. The van der Waals surface area contributed by atoms with Crippen molar-refractivity contribution in [1.82, 2.24) is 25.0 Å². The van der Waals surface area contributed by atoms with Crippen LogP contribution >= 0.6 is 0 Å². The molecule has 0 saturated carbocycles. The van der Waals surface area contributed by atoms with Gasteiger partial charge in [0.05, 0.1) is 31.4 Å². The highest BCUT2D eigenvalue weighted by Crippen LogP contribution is 2.34. The second-order valence-corrected chi connectivity index (χ2v) is 8.23. The predicted molar refractivity (Wildman–Crippen MR) is 125 cm³/mol. The number of hydrogen-bond acceptors (Lipinski definition) is 6. The minimum atomic E-state index is -0.424. The number of rotatable bonds is 4. The molecule has 0 fully saturated rings. The summed E-state index contributed by atoms with van der Waals surface area (Å²) in [5.74, 6) is 1.45. The molecule has 0 radical (unpaired) electrons. The van der Waals surface area contributed by atoms with E-state index in [1.54, 1.807) is 42.6 Å². The van der Waals surface area contributed by atoms with Crippen LogP contribution in [0.1, 0.15) is 33.7 Å². The number of ether oxygens (including phenoxy) is 1. The Balaban J connectivity index is 1.35. The molecule has 2 aromatic heterocycles. The smallest absolute Gasteiger partial charge is 0.254 e. The van der Waals surface area contributed by atoms with Crippen LogP contribution < -0.4 is 4.74 Å². The molecule has 34 heavy (non-hydrogen) atoms. The van der Waals surface area contributed by atoms with Crippen LogP contribution in [0.5, 0.6) is 5.75 Å². The highest BCUT2D eigenvalue weighted by molar-refractivity contribution is 5.94. The molecule has 5 aromatic rings. The van der Waals surface area contributed by atoms with Crippen LogP contribution in [-0.2, 0) is 13.0 Å². The third-order valence-electron chi connectivity index (χ3n) is 6.23. The summed E-state index contributed by atoms with van der Waals surface area (Å²) >= 11 is 0. The van der Waals surface area contributed by atoms with E-state index in [1.165, 1.54) is 0 Å². The van der Waals surface area contributed by atoms with Crippen molar-refractivity contribution in [3.63, 3.8) is 0 Å². The van der Waals surface area contributed by atoms with Crippen LogP contribution in [0.15, 0.2) is 77.6 Å². The number of carbonyl (C=O) groups excluding carboxylic acids is 1. The van der Waals surface area contributed by atoms with E-state index < -0.39 is 6.04 Å². The predicted octanol–water partition coefficient (Wildman–Crippen LogP) is 4.56. The van der Waals surface area contributed by atoms with Crippen molar-refractivity contribution in [3.8, 4) is 17.1 Å². The molecule has 0 aliphatic carbocycles. The lowest BCUT2D eigenvalue weighted by molar-refractivity contribution is 0.0589. The number of carbonyl (C=O) groups is 1. The second kappa shape index (κ2) is 8.15. The Bertz CT molecular complexity index is 1490. The largest absolute Gasteiger partial charge is 0.497 e. The normalized spacial score (nSPS) is 15.3. The molecule has 8 heteroatoms. The maximum absolute atomic E-state index is 13.5. The fourth-order valence-electron chi connectivity index (χ4n) is 4.39. The van der Waals surface area contributed by atoms with Gasteiger partial charge < -0.3 is 19.1 Å². The van der Waals surface area contributed by atoms with Gasteiger partial charge in [0.2, 0.25) is 11.7 Å². The standard InChI is InChI=1S/C26H21N5O3/c1-33-20-10-8-17(9-11-20)26(32)31-14-22-21(27-15-28-22)13-23(31)25-29-24(30-34-25)19-7-6-16-4-2-3-5-18(16)12-19/h2-12,15,23H,13-14H2,1H3,(H,27,28). The summed E-state index contributed by atoms with van der Waals surface area (Å²) in [5.41, 5.74) is 3.22. The van der Waals surface area contributed by atoms with Gasteiger partial charge in [-0.1, -0.05) is 41.6 Å². The van der Waals surface area contributed by atoms with Gasteiger partial charge in [-0.15, -0.1) is 0 Å². The zero-order chi connectivity index (χ0) is 23.1. The third kappa shape index (κ3) is 3.49. The van der Waals surface area contributed by atoms with Crippen molar-refractivity contribution in [2.24, 2.45) is 0 Å². The zero-order valence-electron chi connectivity index (χ0n) is 18.4. The van der Waals surface area contributed by atoms with E-state index in [9.17, 15) is 4.79 Å². The van der Waals surface area contributed by atoms with E-state index in [4.69, 9.17) is 14.2 Å².